The van der Waals surface area contributed by atoms with E-state index in [2.05, 4.69) is 45.4 Å². The van der Waals surface area contributed by atoms with Crippen LogP contribution in [0.5, 0.6) is 0 Å². The van der Waals surface area contributed by atoms with Crippen molar-refractivity contribution in [3.63, 3.8) is 0 Å². The second-order valence-corrected chi connectivity index (χ2v) is 6.64. The van der Waals surface area contributed by atoms with Crippen LogP contribution in [0.25, 0.3) is 16.9 Å². The summed E-state index contributed by atoms with van der Waals surface area (Å²) >= 11 is 6.25. The molecule has 0 aliphatic carbocycles. The molecule has 1 N–H and O–H groups in total. The Balaban J connectivity index is 1.70. The molecule has 0 bridgehead atoms. The molecule has 0 unspecified atom stereocenters. The standard InChI is InChI=1S/C20H18ClN5/c1-13-8-9-17-16(10-13)22-12-26(17)19-11-18(21)24-20(25-19)23-14(2)15-6-4-3-5-7-15/h3-12,14H,1-2H3,(H,23,24,25)/t14-/m0/s1. The SMILES string of the molecule is Cc1ccc2c(c1)ncn2-c1cc(Cl)nc(N[C@@H](C)c2ccccc2)n1. The lowest BCUT2D eigenvalue weighted by Gasteiger charge is -2.15. The Hall–Kier alpha value is -2.92. The summed E-state index contributed by atoms with van der Waals surface area (Å²) in [4.78, 5) is 13.4. The molecule has 6 heteroatoms. The summed E-state index contributed by atoms with van der Waals surface area (Å²) in [6.07, 6.45) is 1.76. The molecule has 0 radical (unpaired) electrons. The summed E-state index contributed by atoms with van der Waals surface area (Å²) in [7, 11) is 0. The van der Waals surface area contributed by atoms with Gasteiger partial charge in [-0.15, -0.1) is 0 Å². The molecule has 0 saturated carbocycles. The Kier molecular flexibility index (Phi) is 4.31. The number of anilines is 1. The summed E-state index contributed by atoms with van der Waals surface area (Å²) in [5.74, 6) is 1.16. The minimum atomic E-state index is 0.0599. The van der Waals surface area contributed by atoms with Crippen LogP contribution in [-0.4, -0.2) is 19.5 Å². The van der Waals surface area contributed by atoms with Crippen molar-refractivity contribution in [2.24, 2.45) is 0 Å². The number of aryl methyl sites for hydroxylation is 1. The number of hydrogen-bond acceptors (Lipinski definition) is 4. The van der Waals surface area contributed by atoms with Crippen LogP contribution in [0.4, 0.5) is 5.95 Å². The van der Waals surface area contributed by atoms with E-state index in [0.29, 0.717) is 16.9 Å². The third kappa shape index (κ3) is 3.26. The van der Waals surface area contributed by atoms with E-state index in [4.69, 9.17) is 11.6 Å². The molecule has 4 rings (SSSR count). The van der Waals surface area contributed by atoms with Gasteiger partial charge in [-0.25, -0.2) is 9.97 Å². The van der Waals surface area contributed by atoms with E-state index in [1.165, 1.54) is 5.56 Å². The normalized spacial score (nSPS) is 12.3. The van der Waals surface area contributed by atoms with Crippen molar-refractivity contribution < 1.29 is 0 Å². The molecule has 4 aromatic rings. The van der Waals surface area contributed by atoms with Crippen LogP contribution >= 0.6 is 11.6 Å². The number of benzene rings is 2. The van der Waals surface area contributed by atoms with Gasteiger partial charge >= 0.3 is 0 Å². The zero-order valence-electron chi connectivity index (χ0n) is 14.5. The van der Waals surface area contributed by atoms with Gasteiger partial charge in [-0.3, -0.25) is 4.57 Å². The first-order chi connectivity index (χ1) is 12.6. The van der Waals surface area contributed by atoms with Crippen LogP contribution in [0.2, 0.25) is 5.15 Å². The maximum absolute atomic E-state index is 6.25. The minimum Gasteiger partial charge on any atom is -0.348 e. The molecule has 0 aliphatic rings. The van der Waals surface area contributed by atoms with Crippen LogP contribution in [0, 0.1) is 6.92 Å². The predicted molar refractivity (Wildman–Crippen MR) is 105 cm³/mol. The molecule has 130 valence electrons. The molecule has 5 nitrogen and oxygen atoms in total. The maximum atomic E-state index is 6.25. The molecule has 0 saturated heterocycles. The third-order valence-electron chi connectivity index (χ3n) is 4.28. The van der Waals surface area contributed by atoms with Gasteiger partial charge in [0.05, 0.1) is 17.1 Å². The molecule has 0 amide bonds. The van der Waals surface area contributed by atoms with E-state index >= 15 is 0 Å². The fourth-order valence-electron chi connectivity index (χ4n) is 2.92. The number of imidazole rings is 1. The largest absolute Gasteiger partial charge is 0.348 e. The maximum Gasteiger partial charge on any atom is 0.226 e. The Morgan fingerprint density at radius 1 is 1.04 bits per heavy atom. The molecular formula is C20H18ClN5. The van der Waals surface area contributed by atoms with Crippen molar-refractivity contribution in [1.29, 1.82) is 0 Å². The lowest BCUT2D eigenvalue weighted by atomic mass is 10.1. The van der Waals surface area contributed by atoms with Gasteiger partial charge in [-0.05, 0) is 37.1 Å². The second kappa shape index (κ2) is 6.77. The topological polar surface area (TPSA) is 55.6 Å². The van der Waals surface area contributed by atoms with Gasteiger partial charge in [0.25, 0.3) is 0 Å². The molecule has 2 aromatic carbocycles. The van der Waals surface area contributed by atoms with E-state index in [0.717, 1.165) is 16.6 Å². The van der Waals surface area contributed by atoms with E-state index < -0.39 is 0 Å². The molecule has 1 atom stereocenters. The fourth-order valence-corrected chi connectivity index (χ4v) is 3.10. The van der Waals surface area contributed by atoms with Crippen molar-refractivity contribution in [3.05, 3.63) is 77.2 Å². The average molecular weight is 364 g/mol. The van der Waals surface area contributed by atoms with Gasteiger partial charge in [-0.1, -0.05) is 48.0 Å². The lowest BCUT2D eigenvalue weighted by Crippen LogP contribution is -2.11. The highest BCUT2D eigenvalue weighted by molar-refractivity contribution is 6.29. The summed E-state index contributed by atoms with van der Waals surface area (Å²) in [6.45, 7) is 4.11. The van der Waals surface area contributed by atoms with E-state index in [1.54, 1.807) is 12.4 Å². The number of aromatic nitrogens is 4. The number of halogens is 1. The van der Waals surface area contributed by atoms with E-state index in [-0.39, 0.29) is 6.04 Å². The van der Waals surface area contributed by atoms with E-state index in [9.17, 15) is 0 Å². The lowest BCUT2D eigenvalue weighted by molar-refractivity contribution is 0.854. The number of rotatable bonds is 4. The monoisotopic (exact) mass is 363 g/mol. The van der Waals surface area contributed by atoms with E-state index in [1.807, 2.05) is 41.8 Å². The zero-order chi connectivity index (χ0) is 18.1. The fraction of sp³-hybridized carbons (Fsp3) is 0.150. The average Bonchev–Trinajstić information content (AvgIpc) is 3.05. The Labute approximate surface area is 156 Å². The summed E-state index contributed by atoms with van der Waals surface area (Å²) in [5, 5.41) is 3.70. The predicted octanol–water partition coefficient (Wildman–Crippen LogP) is 4.95. The molecule has 0 spiro atoms. The number of nitrogens with one attached hydrogen (secondary N) is 1. The Morgan fingerprint density at radius 2 is 1.85 bits per heavy atom. The summed E-state index contributed by atoms with van der Waals surface area (Å²) < 4.78 is 1.92. The minimum absolute atomic E-state index is 0.0599. The van der Waals surface area contributed by atoms with Gasteiger partial charge < -0.3 is 5.32 Å². The summed E-state index contributed by atoms with van der Waals surface area (Å²) in [5.41, 5.74) is 4.23. The highest BCUT2D eigenvalue weighted by atomic mass is 35.5. The van der Waals surface area contributed by atoms with Crippen molar-refractivity contribution in [1.82, 2.24) is 19.5 Å². The number of hydrogen-bond donors (Lipinski definition) is 1. The first kappa shape index (κ1) is 16.5. The Bertz CT molecular complexity index is 1060. The third-order valence-corrected chi connectivity index (χ3v) is 4.47. The van der Waals surface area contributed by atoms with Crippen molar-refractivity contribution >= 4 is 28.6 Å². The molecule has 0 fully saturated rings. The molecule has 2 aromatic heterocycles. The van der Waals surface area contributed by atoms with Crippen LogP contribution in [0.1, 0.15) is 24.1 Å². The van der Waals surface area contributed by atoms with Gasteiger partial charge in [0.2, 0.25) is 5.95 Å². The first-order valence-corrected chi connectivity index (χ1v) is 8.78. The molecule has 26 heavy (non-hydrogen) atoms. The van der Waals surface area contributed by atoms with Gasteiger partial charge in [0.15, 0.2) is 0 Å². The first-order valence-electron chi connectivity index (χ1n) is 8.40. The second-order valence-electron chi connectivity index (χ2n) is 6.26. The Morgan fingerprint density at radius 3 is 2.65 bits per heavy atom. The molecule has 0 aliphatic heterocycles. The van der Waals surface area contributed by atoms with Crippen molar-refractivity contribution in [2.75, 3.05) is 5.32 Å². The smallest absolute Gasteiger partial charge is 0.226 e. The number of nitrogens with zero attached hydrogens (tertiary/aromatic N) is 4. The van der Waals surface area contributed by atoms with Crippen LogP contribution < -0.4 is 5.32 Å². The van der Waals surface area contributed by atoms with Crippen molar-refractivity contribution in [3.8, 4) is 5.82 Å². The molecular weight excluding hydrogens is 346 g/mol. The zero-order valence-corrected chi connectivity index (χ0v) is 15.3. The highest BCUT2D eigenvalue weighted by Crippen LogP contribution is 2.23. The molecule has 2 heterocycles. The number of fused-ring (bicyclic) bond motifs is 1. The van der Waals surface area contributed by atoms with Gasteiger partial charge in [0, 0.05) is 6.07 Å². The highest BCUT2D eigenvalue weighted by Gasteiger charge is 2.12. The van der Waals surface area contributed by atoms with Crippen molar-refractivity contribution in [2.45, 2.75) is 19.9 Å². The summed E-state index contributed by atoms with van der Waals surface area (Å²) in [6, 6.07) is 18.1. The van der Waals surface area contributed by atoms with Crippen LogP contribution in [0.15, 0.2) is 60.9 Å². The van der Waals surface area contributed by atoms with Gasteiger partial charge in [-0.2, -0.15) is 4.98 Å². The van der Waals surface area contributed by atoms with Gasteiger partial charge in [0.1, 0.15) is 17.3 Å². The quantitative estimate of drug-likeness (QED) is 0.521. The van der Waals surface area contributed by atoms with Crippen LogP contribution in [-0.2, 0) is 0 Å². The van der Waals surface area contributed by atoms with Crippen LogP contribution in [0.3, 0.4) is 0 Å².